The fourth-order valence-electron chi connectivity index (χ4n) is 3.56. The van der Waals surface area contributed by atoms with Gasteiger partial charge in [0.05, 0.1) is 12.2 Å². The zero-order chi connectivity index (χ0) is 20.8. The van der Waals surface area contributed by atoms with Crippen LogP contribution in [0.25, 0.3) is 0 Å². The summed E-state index contributed by atoms with van der Waals surface area (Å²) in [5, 5.41) is 9.25. The van der Waals surface area contributed by atoms with Crippen molar-refractivity contribution in [3.63, 3.8) is 0 Å². The summed E-state index contributed by atoms with van der Waals surface area (Å²) in [6, 6.07) is 6.95. The van der Waals surface area contributed by atoms with Crippen LogP contribution in [0, 0.1) is 35.2 Å². The van der Waals surface area contributed by atoms with Crippen LogP contribution in [0.1, 0.15) is 49.1 Å². The number of ether oxygens (including phenoxy) is 1. The molecule has 1 aliphatic rings. The van der Waals surface area contributed by atoms with Crippen LogP contribution in [0.3, 0.4) is 0 Å². The molecule has 2 aromatic rings. The van der Waals surface area contributed by atoms with Crippen LogP contribution in [0.2, 0.25) is 0 Å². The molecule has 0 heterocycles. The Hall–Kier alpha value is -2.87. The van der Waals surface area contributed by atoms with E-state index in [0.717, 1.165) is 18.9 Å². The van der Waals surface area contributed by atoms with Crippen molar-refractivity contribution in [2.45, 2.75) is 38.0 Å². The molecule has 29 heavy (non-hydrogen) atoms. The lowest BCUT2D eigenvalue weighted by atomic mass is 9.78. The topological polar surface area (TPSA) is 29.5 Å². The van der Waals surface area contributed by atoms with Gasteiger partial charge in [0.2, 0.25) is 5.82 Å². The third-order valence-electron chi connectivity index (χ3n) is 5.19. The molecule has 0 amide bonds. The van der Waals surface area contributed by atoms with Crippen molar-refractivity contribution in [1.82, 2.24) is 0 Å². The zero-order valence-corrected chi connectivity index (χ0v) is 16.1. The molecule has 3 rings (SSSR count). The summed E-state index contributed by atoms with van der Waals surface area (Å²) in [6.07, 6.45) is 5.04. The predicted octanol–water partition coefficient (Wildman–Crippen LogP) is 6.09. The van der Waals surface area contributed by atoms with E-state index in [1.807, 2.05) is 0 Å². The fourth-order valence-corrected chi connectivity index (χ4v) is 3.56. The summed E-state index contributed by atoms with van der Waals surface area (Å²) in [5.41, 5.74) is 0.611. The van der Waals surface area contributed by atoms with Gasteiger partial charge in [0.25, 0.3) is 0 Å². The predicted molar refractivity (Wildman–Crippen MR) is 106 cm³/mol. The highest BCUT2D eigenvalue weighted by atomic mass is 19.2. The number of aromatic hydroxyl groups is 1. The highest BCUT2D eigenvalue weighted by molar-refractivity contribution is 5.40. The monoisotopic (exact) mass is 400 g/mol. The van der Waals surface area contributed by atoms with Gasteiger partial charge >= 0.3 is 0 Å². The number of phenols is 1. The van der Waals surface area contributed by atoms with E-state index >= 15 is 0 Å². The average molecular weight is 400 g/mol. The second-order valence-corrected chi connectivity index (χ2v) is 7.19. The molecule has 0 atom stereocenters. The maximum atomic E-state index is 14.5. The van der Waals surface area contributed by atoms with Crippen molar-refractivity contribution in [3.05, 3.63) is 71.6 Å². The van der Waals surface area contributed by atoms with Crippen LogP contribution in [-0.2, 0) is 0 Å². The lowest BCUT2D eigenvalue weighted by Gasteiger charge is -2.26. The van der Waals surface area contributed by atoms with Crippen LogP contribution in [0.5, 0.6) is 11.5 Å². The van der Waals surface area contributed by atoms with Crippen LogP contribution >= 0.6 is 0 Å². The molecule has 0 aromatic heterocycles. The fraction of sp³-hybridized carbons (Fsp3) is 0.333. The Morgan fingerprint density at radius 1 is 1.07 bits per heavy atom. The summed E-state index contributed by atoms with van der Waals surface area (Å²) >= 11 is 0. The third kappa shape index (κ3) is 5.14. The van der Waals surface area contributed by atoms with E-state index in [4.69, 9.17) is 4.74 Å². The molecule has 0 saturated heterocycles. The maximum Gasteiger partial charge on any atom is 0.200 e. The first kappa shape index (κ1) is 20.9. The summed E-state index contributed by atoms with van der Waals surface area (Å²) in [7, 11) is 0. The lowest BCUT2D eigenvalue weighted by Crippen LogP contribution is -2.14. The molecule has 5 heteroatoms. The van der Waals surface area contributed by atoms with Gasteiger partial charge in [-0.1, -0.05) is 24.0 Å². The van der Waals surface area contributed by atoms with E-state index in [0.29, 0.717) is 24.8 Å². The molecule has 152 valence electrons. The lowest BCUT2D eigenvalue weighted by molar-refractivity contribution is 0.298. The number of benzene rings is 2. The Labute approximate surface area is 169 Å². The minimum atomic E-state index is -0.948. The molecular weight excluding hydrogens is 377 g/mol. The summed E-state index contributed by atoms with van der Waals surface area (Å²) in [6.45, 7) is 3.82. The van der Waals surface area contributed by atoms with E-state index in [2.05, 4.69) is 18.4 Å². The van der Waals surface area contributed by atoms with Gasteiger partial charge in [0.15, 0.2) is 11.6 Å². The molecule has 1 saturated carbocycles. The molecule has 2 nitrogen and oxygen atoms in total. The number of hydrogen-bond donors (Lipinski definition) is 1. The maximum absolute atomic E-state index is 14.5. The minimum absolute atomic E-state index is 0.0739. The molecule has 0 bridgehead atoms. The van der Waals surface area contributed by atoms with Crippen molar-refractivity contribution in [3.8, 4) is 23.3 Å². The Kier molecular flexibility index (Phi) is 6.87. The van der Waals surface area contributed by atoms with Gasteiger partial charge < -0.3 is 9.84 Å². The number of phenolic OH excluding ortho intramolecular Hbond substituents is 1. The van der Waals surface area contributed by atoms with Crippen LogP contribution in [0.15, 0.2) is 43.0 Å². The van der Waals surface area contributed by atoms with Crippen molar-refractivity contribution in [1.29, 1.82) is 0 Å². The molecule has 0 radical (unpaired) electrons. The van der Waals surface area contributed by atoms with Crippen molar-refractivity contribution in [2.24, 2.45) is 5.92 Å². The Morgan fingerprint density at radius 2 is 1.83 bits per heavy atom. The molecule has 0 spiro atoms. The second-order valence-electron chi connectivity index (χ2n) is 7.19. The van der Waals surface area contributed by atoms with Gasteiger partial charge in [-0.2, -0.15) is 4.39 Å². The van der Waals surface area contributed by atoms with Crippen LogP contribution < -0.4 is 4.74 Å². The highest BCUT2D eigenvalue weighted by Crippen LogP contribution is 2.38. The van der Waals surface area contributed by atoms with Crippen LogP contribution in [0.4, 0.5) is 13.2 Å². The standard InChI is InChI=1S/C24H23F3O2/c1-2-3-14-29-22-13-12-20(23(26)24(22)27)17-7-4-16(5-8-17)6-9-18-10-11-19(28)15-21(18)25/h2,10-13,15-17,28H,1,3-5,7-8,14H2. The first-order chi connectivity index (χ1) is 14.0. The van der Waals surface area contributed by atoms with Crippen LogP contribution in [-0.4, -0.2) is 11.7 Å². The molecule has 0 aliphatic heterocycles. The quantitative estimate of drug-likeness (QED) is 0.374. The molecule has 2 aromatic carbocycles. The second kappa shape index (κ2) is 9.56. The summed E-state index contributed by atoms with van der Waals surface area (Å²) in [5.74, 6) is 3.32. The van der Waals surface area contributed by atoms with E-state index in [-0.39, 0.29) is 35.5 Å². The SMILES string of the molecule is C=CCCOc1ccc(C2CCC(C#Cc3ccc(O)cc3F)CC2)c(F)c1F. The van der Waals surface area contributed by atoms with Gasteiger partial charge in [-0.25, -0.2) is 8.78 Å². The largest absolute Gasteiger partial charge is 0.508 e. The smallest absolute Gasteiger partial charge is 0.200 e. The van der Waals surface area contributed by atoms with E-state index < -0.39 is 17.5 Å². The molecule has 1 N–H and O–H groups in total. The molecule has 0 unspecified atom stereocenters. The molecular formula is C24H23F3O2. The summed E-state index contributed by atoms with van der Waals surface area (Å²) in [4.78, 5) is 0. The van der Waals surface area contributed by atoms with E-state index in [1.54, 1.807) is 12.1 Å². The number of halogens is 3. The Balaban J connectivity index is 1.63. The highest BCUT2D eigenvalue weighted by Gasteiger charge is 2.26. The first-order valence-corrected chi connectivity index (χ1v) is 9.71. The third-order valence-corrected chi connectivity index (χ3v) is 5.19. The van der Waals surface area contributed by atoms with Gasteiger partial charge in [-0.3, -0.25) is 0 Å². The van der Waals surface area contributed by atoms with Gasteiger partial charge in [0.1, 0.15) is 11.6 Å². The van der Waals surface area contributed by atoms with Gasteiger partial charge in [-0.05, 0) is 61.8 Å². The van der Waals surface area contributed by atoms with E-state index in [9.17, 15) is 18.3 Å². The van der Waals surface area contributed by atoms with Crippen molar-refractivity contribution in [2.75, 3.05) is 6.61 Å². The Morgan fingerprint density at radius 3 is 2.52 bits per heavy atom. The normalized spacial score (nSPS) is 18.6. The van der Waals surface area contributed by atoms with Crippen molar-refractivity contribution < 1.29 is 23.0 Å². The molecule has 1 fully saturated rings. The average Bonchev–Trinajstić information content (AvgIpc) is 2.71. The van der Waals surface area contributed by atoms with Gasteiger partial charge in [-0.15, -0.1) is 6.58 Å². The number of rotatable bonds is 5. The zero-order valence-electron chi connectivity index (χ0n) is 16.1. The summed E-state index contributed by atoms with van der Waals surface area (Å²) < 4.78 is 47.8. The minimum Gasteiger partial charge on any atom is -0.508 e. The Bertz CT molecular complexity index is 935. The molecule has 1 aliphatic carbocycles. The van der Waals surface area contributed by atoms with Crippen molar-refractivity contribution >= 4 is 0 Å². The number of hydrogen-bond acceptors (Lipinski definition) is 2. The first-order valence-electron chi connectivity index (χ1n) is 9.71. The van der Waals surface area contributed by atoms with Gasteiger partial charge in [0, 0.05) is 12.0 Å². The van der Waals surface area contributed by atoms with E-state index in [1.165, 1.54) is 18.2 Å².